The number of carboxylic acids is 1. The first-order chi connectivity index (χ1) is 6.27. The standard InChI is InChI=1S/C8H16N2O3S/c1-5(11)10-4-14-8(2,3)6(9)7(12)13/h6H,4,9H2,1-3H3,(H,10,11)(H,12,13)/t6-/m0/s1. The number of nitrogens with two attached hydrogens (primary N) is 1. The summed E-state index contributed by atoms with van der Waals surface area (Å²) in [5.74, 6) is -0.814. The molecule has 0 saturated carbocycles. The molecule has 0 aromatic heterocycles. The van der Waals surface area contributed by atoms with Crippen molar-refractivity contribution in [3.05, 3.63) is 0 Å². The van der Waals surface area contributed by atoms with Crippen LogP contribution in [0.1, 0.15) is 20.8 Å². The van der Waals surface area contributed by atoms with Crippen LogP contribution in [0.15, 0.2) is 0 Å². The Bertz CT molecular complexity index is 231. The van der Waals surface area contributed by atoms with Crippen LogP contribution in [0.25, 0.3) is 0 Å². The van der Waals surface area contributed by atoms with E-state index >= 15 is 0 Å². The minimum Gasteiger partial charge on any atom is -0.480 e. The number of hydrogen-bond acceptors (Lipinski definition) is 4. The average Bonchev–Trinajstić information content (AvgIpc) is 2.01. The highest BCUT2D eigenvalue weighted by Crippen LogP contribution is 2.26. The molecule has 5 nitrogen and oxygen atoms in total. The molecule has 0 bridgehead atoms. The quantitative estimate of drug-likeness (QED) is 0.567. The predicted molar refractivity (Wildman–Crippen MR) is 56.0 cm³/mol. The lowest BCUT2D eigenvalue weighted by molar-refractivity contribution is -0.139. The molecule has 0 rings (SSSR count). The van der Waals surface area contributed by atoms with Crippen LogP contribution in [-0.4, -0.2) is 33.6 Å². The lowest BCUT2D eigenvalue weighted by atomic mass is 10.1. The van der Waals surface area contributed by atoms with Crippen molar-refractivity contribution >= 4 is 23.6 Å². The van der Waals surface area contributed by atoms with Crippen LogP contribution < -0.4 is 11.1 Å². The molecule has 0 spiro atoms. The van der Waals surface area contributed by atoms with Crippen LogP contribution in [-0.2, 0) is 9.59 Å². The van der Waals surface area contributed by atoms with Gasteiger partial charge in [0.2, 0.25) is 5.91 Å². The van der Waals surface area contributed by atoms with E-state index in [0.29, 0.717) is 5.88 Å². The second kappa shape index (κ2) is 5.21. The van der Waals surface area contributed by atoms with E-state index in [1.807, 2.05) is 0 Å². The normalized spacial score (nSPS) is 13.4. The third-order valence-corrected chi connectivity index (χ3v) is 3.07. The molecule has 1 atom stereocenters. The fourth-order valence-electron chi connectivity index (χ4n) is 0.711. The number of carbonyl (C=O) groups is 2. The highest BCUT2D eigenvalue weighted by molar-refractivity contribution is 8.00. The van der Waals surface area contributed by atoms with E-state index in [-0.39, 0.29) is 5.91 Å². The summed E-state index contributed by atoms with van der Waals surface area (Å²) in [6, 6.07) is -0.943. The van der Waals surface area contributed by atoms with Gasteiger partial charge in [-0.1, -0.05) is 0 Å². The number of nitrogens with one attached hydrogen (secondary N) is 1. The zero-order valence-corrected chi connectivity index (χ0v) is 9.35. The lowest BCUT2D eigenvalue weighted by Crippen LogP contribution is -2.47. The van der Waals surface area contributed by atoms with Crippen molar-refractivity contribution in [3.8, 4) is 0 Å². The molecular weight excluding hydrogens is 204 g/mol. The van der Waals surface area contributed by atoms with E-state index in [9.17, 15) is 9.59 Å². The number of carbonyl (C=O) groups excluding carboxylic acids is 1. The Morgan fingerprint density at radius 3 is 2.43 bits per heavy atom. The molecule has 0 heterocycles. The van der Waals surface area contributed by atoms with Gasteiger partial charge < -0.3 is 16.2 Å². The zero-order valence-electron chi connectivity index (χ0n) is 8.53. The van der Waals surface area contributed by atoms with Crippen LogP contribution in [0.4, 0.5) is 0 Å². The number of rotatable bonds is 5. The van der Waals surface area contributed by atoms with Crippen LogP contribution in [0, 0.1) is 0 Å². The van der Waals surface area contributed by atoms with Gasteiger partial charge in [0.1, 0.15) is 6.04 Å². The van der Waals surface area contributed by atoms with Gasteiger partial charge >= 0.3 is 5.97 Å². The van der Waals surface area contributed by atoms with Crippen molar-refractivity contribution in [2.75, 3.05) is 5.88 Å². The molecule has 0 aliphatic heterocycles. The van der Waals surface area contributed by atoms with Crippen LogP contribution in [0.3, 0.4) is 0 Å². The van der Waals surface area contributed by atoms with Gasteiger partial charge in [-0.3, -0.25) is 9.59 Å². The Labute approximate surface area is 87.4 Å². The summed E-state index contributed by atoms with van der Waals surface area (Å²) < 4.78 is -0.603. The molecule has 0 aliphatic rings. The largest absolute Gasteiger partial charge is 0.480 e. The first-order valence-electron chi connectivity index (χ1n) is 4.14. The molecule has 6 heteroatoms. The minimum atomic E-state index is -1.04. The molecule has 0 aromatic carbocycles. The van der Waals surface area contributed by atoms with Gasteiger partial charge in [0.25, 0.3) is 0 Å². The Balaban J connectivity index is 4.06. The molecule has 14 heavy (non-hydrogen) atoms. The smallest absolute Gasteiger partial charge is 0.321 e. The molecule has 82 valence electrons. The summed E-state index contributed by atoms with van der Waals surface area (Å²) in [5, 5.41) is 11.3. The monoisotopic (exact) mass is 220 g/mol. The third kappa shape index (κ3) is 4.48. The van der Waals surface area contributed by atoms with Gasteiger partial charge in [-0.25, -0.2) is 0 Å². The van der Waals surface area contributed by atoms with Crippen molar-refractivity contribution in [2.24, 2.45) is 5.73 Å². The summed E-state index contributed by atoms with van der Waals surface area (Å²) >= 11 is 1.31. The highest BCUT2D eigenvalue weighted by atomic mass is 32.2. The Hall–Kier alpha value is -0.750. The Morgan fingerprint density at radius 2 is 2.07 bits per heavy atom. The SMILES string of the molecule is CC(=O)NCSC(C)(C)[C@@H](N)C(=O)O. The predicted octanol–water partition coefficient (Wildman–Crippen LogP) is 0.00370. The van der Waals surface area contributed by atoms with Crippen molar-refractivity contribution < 1.29 is 14.7 Å². The van der Waals surface area contributed by atoms with Crippen molar-refractivity contribution in [1.82, 2.24) is 5.32 Å². The van der Waals surface area contributed by atoms with Gasteiger partial charge in [0.15, 0.2) is 0 Å². The van der Waals surface area contributed by atoms with Gasteiger partial charge in [-0.05, 0) is 13.8 Å². The van der Waals surface area contributed by atoms with Crippen LogP contribution >= 0.6 is 11.8 Å². The molecule has 4 N–H and O–H groups in total. The number of thioether (sulfide) groups is 1. The second-order valence-corrected chi connectivity index (χ2v) is 5.07. The molecule has 0 saturated heterocycles. The maximum absolute atomic E-state index is 10.6. The third-order valence-electron chi connectivity index (χ3n) is 1.78. The van der Waals surface area contributed by atoms with E-state index in [0.717, 1.165) is 0 Å². The van der Waals surface area contributed by atoms with Crippen LogP contribution in [0.2, 0.25) is 0 Å². The maximum Gasteiger partial charge on any atom is 0.321 e. The topological polar surface area (TPSA) is 92.4 Å². The van der Waals surface area contributed by atoms with Crippen molar-refractivity contribution in [2.45, 2.75) is 31.6 Å². The highest BCUT2D eigenvalue weighted by Gasteiger charge is 2.32. The molecule has 0 aromatic rings. The van der Waals surface area contributed by atoms with E-state index in [1.54, 1.807) is 13.8 Å². The van der Waals surface area contributed by atoms with Crippen LogP contribution in [0.5, 0.6) is 0 Å². The van der Waals surface area contributed by atoms with E-state index < -0.39 is 16.8 Å². The van der Waals surface area contributed by atoms with Gasteiger partial charge in [0, 0.05) is 11.7 Å². The van der Waals surface area contributed by atoms with Gasteiger partial charge in [-0.15, -0.1) is 11.8 Å². The Kier molecular flexibility index (Phi) is 4.93. The average molecular weight is 220 g/mol. The maximum atomic E-state index is 10.6. The number of aliphatic carboxylic acids is 1. The van der Waals surface area contributed by atoms with E-state index in [4.69, 9.17) is 10.8 Å². The Morgan fingerprint density at radius 1 is 1.57 bits per heavy atom. The van der Waals surface area contributed by atoms with E-state index in [1.165, 1.54) is 18.7 Å². The number of carboxylic acid groups (broad SMARTS) is 1. The molecule has 0 unspecified atom stereocenters. The molecule has 1 amide bonds. The fraction of sp³-hybridized carbons (Fsp3) is 0.750. The number of hydrogen-bond donors (Lipinski definition) is 3. The van der Waals surface area contributed by atoms with E-state index in [2.05, 4.69) is 5.32 Å². The molecule has 0 radical (unpaired) electrons. The first kappa shape index (κ1) is 13.2. The summed E-state index contributed by atoms with van der Waals surface area (Å²) in [7, 11) is 0. The molecule has 0 fully saturated rings. The fourth-order valence-corrected chi connectivity index (χ4v) is 1.64. The van der Waals surface area contributed by atoms with Crippen molar-refractivity contribution in [1.29, 1.82) is 0 Å². The summed E-state index contributed by atoms with van der Waals surface area (Å²) in [4.78, 5) is 21.2. The minimum absolute atomic E-state index is 0.141. The molecular formula is C8H16N2O3S. The summed E-state index contributed by atoms with van der Waals surface area (Å²) in [6.45, 7) is 4.88. The van der Waals surface area contributed by atoms with Gasteiger partial charge in [0.05, 0.1) is 5.88 Å². The number of amides is 1. The van der Waals surface area contributed by atoms with Crippen molar-refractivity contribution in [3.63, 3.8) is 0 Å². The lowest BCUT2D eigenvalue weighted by Gasteiger charge is -2.27. The summed E-state index contributed by atoms with van der Waals surface area (Å²) in [5.41, 5.74) is 5.48. The molecule has 0 aliphatic carbocycles. The zero-order chi connectivity index (χ0) is 11.4. The second-order valence-electron chi connectivity index (χ2n) is 3.44. The summed E-state index contributed by atoms with van der Waals surface area (Å²) in [6.07, 6.45) is 0. The van der Waals surface area contributed by atoms with Gasteiger partial charge in [-0.2, -0.15) is 0 Å². The first-order valence-corrected chi connectivity index (χ1v) is 5.12.